The highest BCUT2D eigenvalue weighted by Gasteiger charge is 2.50. The summed E-state index contributed by atoms with van der Waals surface area (Å²) >= 11 is 0. The number of rotatable bonds is 4. The third-order valence-corrected chi connectivity index (χ3v) is 3.15. The lowest BCUT2D eigenvalue weighted by Gasteiger charge is -2.18. The van der Waals surface area contributed by atoms with E-state index in [2.05, 4.69) is 4.74 Å². The molecule has 1 fully saturated rings. The fourth-order valence-electron chi connectivity index (χ4n) is 2.01. The van der Waals surface area contributed by atoms with Crippen LogP contribution in [-0.4, -0.2) is 23.9 Å². The van der Waals surface area contributed by atoms with E-state index in [1.54, 1.807) is 0 Å². The molecule has 1 unspecified atom stereocenters. The van der Waals surface area contributed by atoms with Gasteiger partial charge in [0.2, 0.25) is 0 Å². The molecule has 0 saturated heterocycles. The highest BCUT2D eigenvalue weighted by atomic mass is 19.4. The van der Waals surface area contributed by atoms with E-state index in [0.717, 1.165) is 0 Å². The van der Waals surface area contributed by atoms with Gasteiger partial charge in [-0.25, -0.2) is 0 Å². The van der Waals surface area contributed by atoms with Gasteiger partial charge in [0.25, 0.3) is 0 Å². The second-order valence-electron chi connectivity index (χ2n) is 4.31. The van der Waals surface area contributed by atoms with Crippen LogP contribution >= 0.6 is 0 Å². The number of alkyl halides is 3. The summed E-state index contributed by atoms with van der Waals surface area (Å²) in [6, 6.07) is 5.25. The second kappa shape index (κ2) is 4.28. The Morgan fingerprint density at radius 3 is 2.22 bits per heavy atom. The van der Waals surface area contributed by atoms with Gasteiger partial charge in [0.1, 0.15) is 18.1 Å². The predicted molar refractivity (Wildman–Crippen MR) is 56.1 cm³/mol. The maximum Gasteiger partial charge on any atom is 0.573 e. The SMILES string of the molecule is O=CC(O)C1(c2ccc(OC(F)(F)F)cc2)CC1. The Balaban J connectivity index is 2.16. The van der Waals surface area contributed by atoms with Gasteiger partial charge in [0.15, 0.2) is 0 Å². The first-order chi connectivity index (χ1) is 8.37. The number of ether oxygens (including phenoxy) is 1. The summed E-state index contributed by atoms with van der Waals surface area (Å²) in [6.07, 6.45) is -4.10. The molecule has 0 aromatic heterocycles. The van der Waals surface area contributed by atoms with Gasteiger partial charge >= 0.3 is 6.36 Å². The average molecular weight is 260 g/mol. The molecule has 1 N–H and O–H groups in total. The maximum absolute atomic E-state index is 12.0. The van der Waals surface area contributed by atoms with Gasteiger partial charge in [-0.2, -0.15) is 0 Å². The van der Waals surface area contributed by atoms with Gasteiger partial charge in [-0.3, -0.25) is 0 Å². The van der Waals surface area contributed by atoms with Crippen LogP contribution in [0.4, 0.5) is 13.2 Å². The lowest BCUT2D eigenvalue weighted by atomic mass is 9.90. The van der Waals surface area contributed by atoms with Crippen LogP contribution in [0.15, 0.2) is 24.3 Å². The molecule has 0 amide bonds. The molecule has 1 aliphatic carbocycles. The highest BCUT2D eigenvalue weighted by Crippen LogP contribution is 2.50. The van der Waals surface area contributed by atoms with E-state index in [-0.39, 0.29) is 5.75 Å². The Bertz CT molecular complexity index is 435. The van der Waals surface area contributed by atoms with Crippen molar-refractivity contribution in [3.05, 3.63) is 29.8 Å². The van der Waals surface area contributed by atoms with Crippen molar-refractivity contribution in [2.24, 2.45) is 0 Å². The minimum absolute atomic E-state index is 0.317. The fourth-order valence-corrected chi connectivity index (χ4v) is 2.01. The number of aliphatic hydroxyl groups is 1. The zero-order chi connectivity index (χ0) is 13.4. The number of benzene rings is 1. The van der Waals surface area contributed by atoms with Crippen LogP contribution in [-0.2, 0) is 10.2 Å². The molecule has 0 bridgehead atoms. The summed E-state index contributed by atoms with van der Waals surface area (Å²) in [5.74, 6) is -0.317. The zero-order valence-electron chi connectivity index (χ0n) is 9.28. The Labute approximate surface area is 101 Å². The van der Waals surface area contributed by atoms with Gasteiger partial charge in [-0.05, 0) is 30.5 Å². The van der Waals surface area contributed by atoms with E-state index in [0.29, 0.717) is 24.7 Å². The van der Waals surface area contributed by atoms with Crippen LogP contribution in [0.25, 0.3) is 0 Å². The maximum atomic E-state index is 12.0. The number of carbonyl (C=O) groups is 1. The van der Waals surface area contributed by atoms with Gasteiger partial charge in [0.05, 0.1) is 0 Å². The van der Waals surface area contributed by atoms with Crippen LogP contribution in [0.5, 0.6) is 5.75 Å². The minimum Gasteiger partial charge on any atom is -0.406 e. The van der Waals surface area contributed by atoms with Gasteiger partial charge in [-0.1, -0.05) is 12.1 Å². The van der Waals surface area contributed by atoms with Crippen LogP contribution in [0.3, 0.4) is 0 Å². The molecule has 1 aromatic rings. The molecule has 0 spiro atoms. The minimum atomic E-state index is -4.72. The Morgan fingerprint density at radius 2 is 1.83 bits per heavy atom. The van der Waals surface area contributed by atoms with Gasteiger partial charge < -0.3 is 14.6 Å². The van der Waals surface area contributed by atoms with E-state index in [4.69, 9.17) is 0 Å². The summed E-state index contributed by atoms with van der Waals surface area (Å²) in [5, 5.41) is 9.58. The van der Waals surface area contributed by atoms with Crippen molar-refractivity contribution >= 4 is 6.29 Å². The van der Waals surface area contributed by atoms with E-state index in [9.17, 15) is 23.1 Å². The highest BCUT2D eigenvalue weighted by molar-refractivity contribution is 5.62. The molecule has 98 valence electrons. The topological polar surface area (TPSA) is 46.5 Å². The summed E-state index contributed by atoms with van der Waals surface area (Å²) in [4.78, 5) is 10.6. The molecule has 3 nitrogen and oxygen atoms in total. The van der Waals surface area contributed by atoms with Crippen molar-refractivity contribution in [3.8, 4) is 5.75 Å². The average Bonchev–Trinajstić information content (AvgIpc) is 3.08. The van der Waals surface area contributed by atoms with E-state index < -0.39 is 17.9 Å². The number of hydrogen-bond donors (Lipinski definition) is 1. The molecule has 0 aliphatic heterocycles. The lowest BCUT2D eigenvalue weighted by molar-refractivity contribution is -0.274. The molecule has 2 rings (SSSR count). The molecule has 1 aromatic carbocycles. The first-order valence-electron chi connectivity index (χ1n) is 5.37. The Morgan fingerprint density at radius 1 is 1.28 bits per heavy atom. The third-order valence-electron chi connectivity index (χ3n) is 3.15. The van der Waals surface area contributed by atoms with Gasteiger partial charge in [-0.15, -0.1) is 13.2 Å². The van der Waals surface area contributed by atoms with E-state index in [1.165, 1.54) is 24.3 Å². The summed E-state index contributed by atoms with van der Waals surface area (Å²) < 4.78 is 39.6. The largest absolute Gasteiger partial charge is 0.573 e. The van der Waals surface area contributed by atoms with Crippen LogP contribution in [0.1, 0.15) is 18.4 Å². The number of aldehydes is 1. The zero-order valence-corrected chi connectivity index (χ0v) is 9.28. The standard InChI is InChI=1S/C12H11F3O3/c13-12(14,15)18-9-3-1-8(2-4-9)11(5-6-11)10(17)7-16/h1-4,7,10,17H,5-6H2. The van der Waals surface area contributed by atoms with E-state index >= 15 is 0 Å². The summed E-state index contributed by atoms with van der Waals surface area (Å²) in [7, 11) is 0. The molecule has 18 heavy (non-hydrogen) atoms. The number of carbonyl (C=O) groups excluding carboxylic acids is 1. The Kier molecular flexibility index (Phi) is 3.06. The van der Waals surface area contributed by atoms with Crippen LogP contribution < -0.4 is 4.74 Å². The molecular weight excluding hydrogens is 249 g/mol. The summed E-state index contributed by atoms with van der Waals surface area (Å²) in [5.41, 5.74) is 0.0232. The molecule has 1 aliphatic rings. The predicted octanol–water partition coefficient (Wildman–Crippen LogP) is 2.18. The van der Waals surface area contributed by atoms with Crippen molar-refractivity contribution in [1.82, 2.24) is 0 Å². The quantitative estimate of drug-likeness (QED) is 0.844. The number of aliphatic hydroxyl groups excluding tert-OH is 1. The molecule has 0 heterocycles. The number of hydrogen-bond acceptors (Lipinski definition) is 3. The second-order valence-corrected chi connectivity index (χ2v) is 4.31. The van der Waals surface area contributed by atoms with Crippen molar-refractivity contribution < 1.29 is 27.8 Å². The normalized spacial score (nSPS) is 19.1. The number of halogens is 3. The first-order valence-corrected chi connectivity index (χ1v) is 5.37. The van der Waals surface area contributed by atoms with Crippen molar-refractivity contribution in [3.63, 3.8) is 0 Å². The first kappa shape index (κ1) is 12.9. The third kappa shape index (κ3) is 2.48. The lowest BCUT2D eigenvalue weighted by Crippen LogP contribution is -2.27. The molecule has 1 saturated carbocycles. The molecular formula is C12H11F3O3. The molecule has 0 radical (unpaired) electrons. The van der Waals surface area contributed by atoms with Crippen molar-refractivity contribution in [2.45, 2.75) is 30.7 Å². The van der Waals surface area contributed by atoms with Gasteiger partial charge in [0, 0.05) is 5.41 Å². The monoisotopic (exact) mass is 260 g/mol. The van der Waals surface area contributed by atoms with E-state index in [1.807, 2.05) is 0 Å². The van der Waals surface area contributed by atoms with Crippen LogP contribution in [0.2, 0.25) is 0 Å². The fraction of sp³-hybridized carbons (Fsp3) is 0.417. The van der Waals surface area contributed by atoms with Crippen molar-refractivity contribution in [1.29, 1.82) is 0 Å². The van der Waals surface area contributed by atoms with Crippen LogP contribution in [0, 0.1) is 0 Å². The molecule has 6 heteroatoms. The van der Waals surface area contributed by atoms with Crippen molar-refractivity contribution in [2.75, 3.05) is 0 Å². The Hall–Kier alpha value is -1.56. The molecule has 1 atom stereocenters. The summed E-state index contributed by atoms with van der Waals surface area (Å²) in [6.45, 7) is 0. The smallest absolute Gasteiger partial charge is 0.406 e.